The van der Waals surface area contributed by atoms with Crippen LogP contribution in [-0.4, -0.2) is 90.2 Å². The molecule has 0 aliphatic carbocycles. The van der Waals surface area contributed by atoms with Gasteiger partial charge >= 0.3 is 5.97 Å². The van der Waals surface area contributed by atoms with E-state index in [4.69, 9.17) is 16.3 Å². The number of ether oxygens (including phenoxy) is 1. The summed E-state index contributed by atoms with van der Waals surface area (Å²) in [6, 6.07) is 5.50. The number of aromatic amines is 1. The van der Waals surface area contributed by atoms with E-state index < -0.39 is 22.0 Å². The Kier molecular flexibility index (Phi) is 8.17. The van der Waals surface area contributed by atoms with Crippen molar-refractivity contribution in [3.05, 3.63) is 44.9 Å². The summed E-state index contributed by atoms with van der Waals surface area (Å²) in [5.74, 6) is -1.03. The first-order valence-corrected chi connectivity index (χ1v) is 14.2. The highest BCUT2D eigenvalue weighted by atomic mass is 35.5. The minimum absolute atomic E-state index is 0. The van der Waals surface area contributed by atoms with Crippen LogP contribution in [-0.2, 0) is 32.5 Å². The fraction of sp³-hybridized carbons (Fsp3) is 0.435. The average molecular weight is 589 g/mol. The second-order valence-electron chi connectivity index (χ2n) is 8.87. The monoisotopic (exact) mass is 587 g/mol. The van der Waals surface area contributed by atoms with Gasteiger partial charge in [-0.1, -0.05) is 11.6 Å². The molecular formula is C23H27Cl2N5O5S2. The second kappa shape index (κ2) is 10.9. The highest BCUT2D eigenvalue weighted by Gasteiger charge is 2.42. The van der Waals surface area contributed by atoms with Crippen LogP contribution in [0.5, 0.6) is 0 Å². The number of aromatic nitrogens is 2. The molecule has 1 unspecified atom stereocenters. The molecule has 1 N–H and O–H groups in total. The molecule has 2 aliphatic heterocycles. The maximum Gasteiger partial charge on any atom is 0.330 e. The minimum atomic E-state index is -3.97. The quantitative estimate of drug-likeness (QED) is 0.456. The number of nitrogens with zero attached hydrogens (tertiary/aromatic N) is 4. The molecule has 0 radical (unpaired) electrons. The van der Waals surface area contributed by atoms with Crippen LogP contribution in [0.25, 0.3) is 10.9 Å². The SMILES string of the molecule is CCOC(=O)C1CN(S(=O)(=O)c2cc3cc(Cl)ccc3[nH]2)CCN1C(=O)c1nc2c(s1)CN(C)CC2.Cl. The molecule has 3 aromatic rings. The smallest absolute Gasteiger partial charge is 0.330 e. The Bertz CT molecular complexity index is 1440. The Hall–Kier alpha value is -2.22. The van der Waals surface area contributed by atoms with Gasteiger partial charge in [0.25, 0.3) is 15.9 Å². The van der Waals surface area contributed by atoms with Crippen molar-refractivity contribution in [1.82, 2.24) is 24.1 Å². The van der Waals surface area contributed by atoms with Gasteiger partial charge in [-0.3, -0.25) is 4.79 Å². The van der Waals surface area contributed by atoms with Crippen molar-refractivity contribution >= 4 is 68.1 Å². The van der Waals surface area contributed by atoms with Crippen LogP contribution in [0.4, 0.5) is 0 Å². The Labute approximate surface area is 230 Å². The number of hydrogen-bond acceptors (Lipinski definition) is 8. The normalized spacial score (nSPS) is 18.9. The van der Waals surface area contributed by atoms with Crippen LogP contribution in [0.15, 0.2) is 29.3 Å². The third-order valence-corrected chi connectivity index (χ3v) is 9.54. The molecule has 1 atom stereocenters. The van der Waals surface area contributed by atoms with E-state index in [0.717, 1.165) is 30.1 Å². The average Bonchev–Trinajstić information content (AvgIpc) is 3.47. The summed E-state index contributed by atoms with van der Waals surface area (Å²) < 4.78 is 33.4. The number of halogens is 2. The van der Waals surface area contributed by atoms with Crippen molar-refractivity contribution < 1.29 is 22.7 Å². The van der Waals surface area contributed by atoms with Gasteiger partial charge in [0.15, 0.2) is 5.01 Å². The Balaban J connectivity index is 0.00000320. The Morgan fingerprint density at radius 3 is 2.78 bits per heavy atom. The second-order valence-corrected chi connectivity index (χ2v) is 12.3. The first-order valence-electron chi connectivity index (χ1n) is 11.6. The molecule has 4 heterocycles. The van der Waals surface area contributed by atoms with Crippen molar-refractivity contribution in [2.24, 2.45) is 0 Å². The molecule has 37 heavy (non-hydrogen) atoms. The highest BCUT2D eigenvalue weighted by Crippen LogP contribution is 2.29. The van der Waals surface area contributed by atoms with Gasteiger partial charge in [0, 0.05) is 59.9 Å². The zero-order chi connectivity index (χ0) is 25.6. The van der Waals surface area contributed by atoms with Gasteiger partial charge in [0.2, 0.25) is 0 Å². The van der Waals surface area contributed by atoms with Crippen molar-refractivity contribution in [3.63, 3.8) is 0 Å². The summed E-state index contributed by atoms with van der Waals surface area (Å²) in [6.45, 7) is 3.24. The fourth-order valence-electron chi connectivity index (χ4n) is 4.55. The number of nitrogens with one attached hydrogen (secondary N) is 1. The van der Waals surface area contributed by atoms with E-state index >= 15 is 0 Å². The van der Waals surface area contributed by atoms with E-state index in [1.807, 2.05) is 7.05 Å². The zero-order valence-corrected chi connectivity index (χ0v) is 23.5. The number of H-pyrrole nitrogens is 1. The number of hydrogen-bond donors (Lipinski definition) is 1. The lowest BCUT2D eigenvalue weighted by Gasteiger charge is -2.38. The summed E-state index contributed by atoms with van der Waals surface area (Å²) in [5.41, 5.74) is 1.54. The third-order valence-electron chi connectivity index (χ3n) is 6.44. The Morgan fingerprint density at radius 1 is 1.24 bits per heavy atom. The maximum atomic E-state index is 13.5. The largest absolute Gasteiger partial charge is 0.464 e. The molecule has 2 aliphatic rings. The van der Waals surface area contributed by atoms with Gasteiger partial charge < -0.3 is 19.5 Å². The Morgan fingerprint density at radius 2 is 2.03 bits per heavy atom. The number of likely N-dealkylation sites (N-methyl/N-ethyl adjacent to an activating group) is 1. The number of carbonyl (C=O) groups excluding carboxylic acids is 2. The molecule has 0 bridgehead atoms. The van der Waals surface area contributed by atoms with Gasteiger partial charge in [-0.2, -0.15) is 4.31 Å². The molecule has 1 saturated heterocycles. The number of amides is 1. The van der Waals surface area contributed by atoms with Crippen LogP contribution in [0.2, 0.25) is 5.02 Å². The maximum absolute atomic E-state index is 13.5. The van der Waals surface area contributed by atoms with Crippen LogP contribution in [0, 0.1) is 0 Å². The zero-order valence-electron chi connectivity index (χ0n) is 20.3. The van der Waals surface area contributed by atoms with Crippen LogP contribution < -0.4 is 0 Å². The molecule has 200 valence electrons. The van der Waals surface area contributed by atoms with E-state index in [2.05, 4.69) is 14.9 Å². The van der Waals surface area contributed by atoms with Gasteiger partial charge in [0.05, 0.1) is 12.3 Å². The van der Waals surface area contributed by atoms with Gasteiger partial charge in [0.1, 0.15) is 11.1 Å². The van der Waals surface area contributed by atoms with Crippen molar-refractivity contribution in [2.45, 2.75) is 31.0 Å². The van der Waals surface area contributed by atoms with Crippen molar-refractivity contribution in [2.75, 3.05) is 39.8 Å². The summed E-state index contributed by atoms with van der Waals surface area (Å²) in [5, 5.41) is 1.47. The number of piperazine rings is 1. The molecule has 5 rings (SSSR count). The number of sulfonamides is 1. The predicted molar refractivity (Wildman–Crippen MR) is 143 cm³/mol. The molecule has 0 saturated carbocycles. The van der Waals surface area contributed by atoms with E-state index in [1.54, 1.807) is 25.1 Å². The van der Waals surface area contributed by atoms with E-state index in [0.29, 0.717) is 20.9 Å². The summed E-state index contributed by atoms with van der Waals surface area (Å²) in [7, 11) is -1.95. The first kappa shape index (κ1) is 27.8. The van der Waals surface area contributed by atoms with E-state index in [9.17, 15) is 18.0 Å². The van der Waals surface area contributed by atoms with Crippen LogP contribution in [0.1, 0.15) is 27.3 Å². The van der Waals surface area contributed by atoms with E-state index in [1.165, 1.54) is 26.6 Å². The molecular weight excluding hydrogens is 561 g/mol. The fourth-order valence-corrected chi connectivity index (χ4v) is 7.33. The first-order chi connectivity index (χ1) is 17.2. The molecule has 10 nitrogen and oxygen atoms in total. The predicted octanol–water partition coefficient (Wildman–Crippen LogP) is 2.77. The number of esters is 1. The molecule has 1 aromatic carbocycles. The lowest BCUT2D eigenvalue weighted by Crippen LogP contribution is -2.59. The number of fused-ring (bicyclic) bond motifs is 2. The minimum Gasteiger partial charge on any atom is -0.464 e. The standard InChI is InChI=1S/C23H26ClN5O5S2.ClH/c1-3-34-23(31)18-12-28(36(32,33)20-11-14-10-15(24)4-5-16(14)25-20)8-9-29(18)22(30)21-26-17-6-7-27(2)13-19(17)35-21;/h4-5,10-11,18,25H,3,6-9,12-13H2,1-2H3;1H. The van der Waals surface area contributed by atoms with Gasteiger partial charge in [-0.15, -0.1) is 23.7 Å². The topological polar surface area (TPSA) is 116 Å². The molecule has 0 spiro atoms. The van der Waals surface area contributed by atoms with Crippen LogP contribution >= 0.6 is 35.3 Å². The van der Waals surface area contributed by atoms with Gasteiger partial charge in [-0.05, 0) is 38.2 Å². The number of rotatable bonds is 5. The summed E-state index contributed by atoms with van der Waals surface area (Å²) in [4.78, 5) is 38.4. The van der Waals surface area contributed by atoms with Crippen LogP contribution in [0.3, 0.4) is 0 Å². The lowest BCUT2D eigenvalue weighted by atomic mass is 10.2. The third kappa shape index (κ3) is 5.36. The van der Waals surface area contributed by atoms with E-state index in [-0.39, 0.29) is 49.6 Å². The molecule has 2 aromatic heterocycles. The van der Waals surface area contributed by atoms with Gasteiger partial charge in [-0.25, -0.2) is 18.2 Å². The van der Waals surface area contributed by atoms with Crippen molar-refractivity contribution in [1.29, 1.82) is 0 Å². The molecule has 1 fully saturated rings. The lowest BCUT2D eigenvalue weighted by molar-refractivity contribution is -0.149. The number of benzene rings is 1. The summed E-state index contributed by atoms with van der Waals surface area (Å²) in [6.07, 6.45) is 0.763. The number of carbonyl (C=O) groups is 2. The highest BCUT2D eigenvalue weighted by molar-refractivity contribution is 7.89. The number of thiazole rings is 1. The molecule has 14 heteroatoms. The summed E-state index contributed by atoms with van der Waals surface area (Å²) >= 11 is 7.37. The molecule has 1 amide bonds. The van der Waals surface area contributed by atoms with Crippen molar-refractivity contribution in [3.8, 4) is 0 Å².